The van der Waals surface area contributed by atoms with Crippen molar-refractivity contribution in [3.05, 3.63) is 71.0 Å². The Kier molecular flexibility index (Phi) is 3.78. The zero-order valence-corrected chi connectivity index (χ0v) is 12.3. The first-order valence-corrected chi connectivity index (χ1v) is 7.00. The average molecular weight is 299 g/mol. The van der Waals surface area contributed by atoms with Gasteiger partial charge in [0.1, 0.15) is 5.75 Å². The van der Waals surface area contributed by atoms with Crippen LogP contribution in [0.15, 0.2) is 54.9 Å². The van der Waals surface area contributed by atoms with E-state index in [1.807, 2.05) is 42.6 Å². The molecule has 0 fully saturated rings. The van der Waals surface area contributed by atoms with Crippen LogP contribution in [0.2, 0.25) is 5.02 Å². The van der Waals surface area contributed by atoms with Gasteiger partial charge in [-0.15, -0.1) is 0 Å². The van der Waals surface area contributed by atoms with E-state index in [1.165, 1.54) is 0 Å². The summed E-state index contributed by atoms with van der Waals surface area (Å²) in [6, 6.07) is 13.2. The lowest BCUT2D eigenvalue weighted by Gasteiger charge is -2.18. The number of hydrogen-bond acceptors (Lipinski definition) is 3. The van der Waals surface area contributed by atoms with Gasteiger partial charge >= 0.3 is 0 Å². The molecule has 0 aliphatic heterocycles. The second kappa shape index (κ2) is 5.72. The molecule has 2 aromatic carbocycles. The molecule has 106 valence electrons. The second-order valence-electron chi connectivity index (χ2n) is 4.81. The first-order chi connectivity index (χ1) is 10.2. The third-order valence-corrected chi connectivity index (χ3v) is 3.81. The summed E-state index contributed by atoms with van der Waals surface area (Å²) in [5.74, 6) is 0.734. The van der Waals surface area contributed by atoms with Crippen LogP contribution in [0, 0.1) is 0 Å². The third-order valence-electron chi connectivity index (χ3n) is 3.58. The number of pyridine rings is 1. The van der Waals surface area contributed by atoms with Crippen LogP contribution in [0.25, 0.3) is 10.8 Å². The van der Waals surface area contributed by atoms with Gasteiger partial charge in [0.15, 0.2) is 0 Å². The monoisotopic (exact) mass is 298 g/mol. The predicted octanol–water partition coefficient (Wildman–Crippen LogP) is 3.94. The molecular formula is C17H15ClN2O. The van der Waals surface area contributed by atoms with E-state index in [0.29, 0.717) is 5.02 Å². The molecule has 1 aromatic heterocycles. The summed E-state index contributed by atoms with van der Waals surface area (Å²) in [6.45, 7) is 0. The molecule has 0 radical (unpaired) electrons. The maximum Gasteiger partial charge on any atom is 0.124 e. The van der Waals surface area contributed by atoms with Crippen LogP contribution in [0.1, 0.15) is 17.2 Å². The molecule has 0 aliphatic carbocycles. The van der Waals surface area contributed by atoms with Crippen LogP contribution in [-0.4, -0.2) is 12.1 Å². The highest BCUT2D eigenvalue weighted by Gasteiger charge is 2.16. The summed E-state index contributed by atoms with van der Waals surface area (Å²) in [6.07, 6.45) is 3.61. The number of ether oxygens (including phenoxy) is 1. The van der Waals surface area contributed by atoms with Gasteiger partial charge in [0, 0.05) is 28.4 Å². The number of nitrogens with zero attached hydrogens (tertiary/aromatic N) is 1. The minimum absolute atomic E-state index is 0.315. The van der Waals surface area contributed by atoms with Crippen LogP contribution in [-0.2, 0) is 0 Å². The molecule has 0 bridgehead atoms. The zero-order valence-electron chi connectivity index (χ0n) is 11.6. The fourth-order valence-electron chi connectivity index (χ4n) is 2.53. The van der Waals surface area contributed by atoms with Crippen molar-refractivity contribution in [1.82, 2.24) is 4.98 Å². The van der Waals surface area contributed by atoms with Crippen molar-refractivity contribution in [3.63, 3.8) is 0 Å². The first-order valence-electron chi connectivity index (χ1n) is 6.62. The van der Waals surface area contributed by atoms with E-state index in [2.05, 4.69) is 4.98 Å². The maximum absolute atomic E-state index is 6.47. The largest absolute Gasteiger partial charge is 0.496 e. The van der Waals surface area contributed by atoms with Gasteiger partial charge in [-0.3, -0.25) is 4.98 Å². The molecule has 3 rings (SSSR count). The van der Waals surface area contributed by atoms with Crippen LogP contribution >= 0.6 is 11.6 Å². The normalized spacial score (nSPS) is 12.3. The Morgan fingerprint density at radius 1 is 1.14 bits per heavy atom. The van der Waals surface area contributed by atoms with Crippen molar-refractivity contribution in [1.29, 1.82) is 0 Å². The number of nitrogens with two attached hydrogens (primary N) is 1. The first kappa shape index (κ1) is 13.9. The van der Waals surface area contributed by atoms with Gasteiger partial charge in [-0.05, 0) is 35.2 Å². The summed E-state index contributed by atoms with van der Waals surface area (Å²) in [5, 5.41) is 2.79. The Morgan fingerprint density at radius 3 is 2.81 bits per heavy atom. The summed E-state index contributed by atoms with van der Waals surface area (Å²) in [4.78, 5) is 4.15. The molecule has 0 amide bonds. The molecule has 0 saturated heterocycles. The second-order valence-corrected chi connectivity index (χ2v) is 5.24. The van der Waals surface area contributed by atoms with Gasteiger partial charge in [-0.1, -0.05) is 29.8 Å². The van der Waals surface area contributed by atoms with E-state index in [-0.39, 0.29) is 6.04 Å². The van der Waals surface area contributed by atoms with Crippen LogP contribution in [0.4, 0.5) is 0 Å². The summed E-state index contributed by atoms with van der Waals surface area (Å²) >= 11 is 6.10. The number of halogens is 1. The van der Waals surface area contributed by atoms with Crippen molar-refractivity contribution in [3.8, 4) is 5.75 Å². The van der Waals surface area contributed by atoms with Crippen LogP contribution < -0.4 is 10.5 Å². The van der Waals surface area contributed by atoms with Crippen molar-refractivity contribution >= 4 is 22.4 Å². The standard InChI is InChI=1S/C17H15ClN2O/c1-21-16-6-5-12(18)9-15(16)17(19)14-4-2-3-11-10-20-8-7-13(11)14/h2-10,17H,19H2,1H3. The van der Waals surface area contributed by atoms with Crippen molar-refractivity contribution in [2.75, 3.05) is 7.11 Å². The summed E-state index contributed by atoms with van der Waals surface area (Å²) in [7, 11) is 1.63. The van der Waals surface area contributed by atoms with Crippen LogP contribution in [0.5, 0.6) is 5.75 Å². The fourth-order valence-corrected chi connectivity index (χ4v) is 2.72. The number of hydrogen-bond donors (Lipinski definition) is 1. The molecule has 0 saturated carbocycles. The van der Waals surface area contributed by atoms with Gasteiger partial charge < -0.3 is 10.5 Å². The average Bonchev–Trinajstić information content (AvgIpc) is 2.53. The van der Waals surface area contributed by atoms with Gasteiger partial charge in [0.2, 0.25) is 0 Å². The third kappa shape index (κ3) is 2.58. The molecule has 2 N–H and O–H groups in total. The molecule has 3 nitrogen and oxygen atoms in total. The van der Waals surface area contributed by atoms with Gasteiger partial charge in [-0.2, -0.15) is 0 Å². The molecule has 3 aromatic rings. The minimum Gasteiger partial charge on any atom is -0.496 e. The van der Waals surface area contributed by atoms with E-state index in [9.17, 15) is 0 Å². The van der Waals surface area contributed by atoms with Crippen LogP contribution in [0.3, 0.4) is 0 Å². The molecule has 21 heavy (non-hydrogen) atoms. The van der Waals surface area contributed by atoms with Gasteiger partial charge in [-0.25, -0.2) is 0 Å². The highest BCUT2D eigenvalue weighted by molar-refractivity contribution is 6.30. The highest BCUT2D eigenvalue weighted by Crippen LogP contribution is 2.33. The number of rotatable bonds is 3. The molecule has 1 heterocycles. The number of methoxy groups -OCH3 is 1. The summed E-state index contributed by atoms with van der Waals surface area (Å²) < 4.78 is 5.40. The molecule has 1 unspecified atom stereocenters. The zero-order chi connectivity index (χ0) is 14.8. The molecule has 4 heteroatoms. The number of benzene rings is 2. The number of fused-ring (bicyclic) bond motifs is 1. The maximum atomic E-state index is 6.47. The van der Waals surface area contributed by atoms with E-state index in [4.69, 9.17) is 22.1 Å². The van der Waals surface area contributed by atoms with E-state index >= 15 is 0 Å². The predicted molar refractivity (Wildman–Crippen MR) is 85.8 cm³/mol. The Labute approximate surface area is 128 Å². The Morgan fingerprint density at radius 2 is 2.00 bits per heavy atom. The lowest BCUT2D eigenvalue weighted by molar-refractivity contribution is 0.408. The minimum atomic E-state index is -0.315. The molecular weight excluding hydrogens is 284 g/mol. The fraction of sp³-hybridized carbons (Fsp3) is 0.118. The Hall–Kier alpha value is -2.10. The molecule has 0 spiro atoms. The quantitative estimate of drug-likeness (QED) is 0.796. The smallest absolute Gasteiger partial charge is 0.124 e. The SMILES string of the molecule is COc1ccc(Cl)cc1C(N)c1cccc2cnccc12. The summed E-state index contributed by atoms with van der Waals surface area (Å²) in [5.41, 5.74) is 8.36. The van der Waals surface area contributed by atoms with Gasteiger partial charge in [0.05, 0.1) is 13.2 Å². The van der Waals surface area contributed by atoms with E-state index < -0.39 is 0 Å². The van der Waals surface area contributed by atoms with E-state index in [0.717, 1.165) is 27.6 Å². The van der Waals surface area contributed by atoms with E-state index in [1.54, 1.807) is 19.4 Å². The van der Waals surface area contributed by atoms with Crippen molar-refractivity contribution in [2.45, 2.75) is 6.04 Å². The van der Waals surface area contributed by atoms with Crippen molar-refractivity contribution < 1.29 is 4.74 Å². The van der Waals surface area contributed by atoms with Crippen molar-refractivity contribution in [2.24, 2.45) is 5.73 Å². The lowest BCUT2D eigenvalue weighted by Crippen LogP contribution is -2.13. The highest BCUT2D eigenvalue weighted by atomic mass is 35.5. The molecule has 0 aliphatic rings. The Bertz CT molecular complexity index is 783. The topological polar surface area (TPSA) is 48.1 Å². The molecule has 1 atom stereocenters. The van der Waals surface area contributed by atoms with Gasteiger partial charge in [0.25, 0.3) is 0 Å². The lowest BCUT2D eigenvalue weighted by atomic mass is 9.94. The Balaban J connectivity index is 2.17. The number of aromatic nitrogens is 1.